The molecule has 0 radical (unpaired) electrons. The minimum absolute atomic E-state index is 0.187. The number of aliphatic hydroxyl groups excluding tert-OH is 1. The van der Waals surface area contributed by atoms with E-state index in [0.717, 1.165) is 22.6 Å². The molecule has 2 aromatic rings. The van der Waals surface area contributed by atoms with E-state index in [1.165, 1.54) is 0 Å². The molecule has 0 aromatic heterocycles. The molecule has 6 heteroatoms. The predicted molar refractivity (Wildman–Crippen MR) is 121 cm³/mol. The standard InChI is InChI=1S/C25H30N2O4/c1-16(2)23(28)21-22(18-8-10-19(11-9-18)26(3)4)27(25(30)24(21)29)15-14-17-6-12-20(31-5)13-7-17/h6-13,16,22,29H,14-15H2,1-5H3. The van der Waals surface area contributed by atoms with Gasteiger partial charge in [-0.25, -0.2) is 0 Å². The first-order valence-electron chi connectivity index (χ1n) is 10.4. The molecule has 2 aromatic carbocycles. The normalized spacial score (nSPS) is 16.3. The molecule has 164 valence electrons. The number of ketones is 1. The summed E-state index contributed by atoms with van der Waals surface area (Å²) in [5.74, 6) is -0.701. The van der Waals surface area contributed by atoms with Crippen molar-refractivity contribution in [1.82, 2.24) is 4.90 Å². The SMILES string of the molecule is COc1ccc(CCN2C(=O)C(O)=C(C(=O)C(C)C)C2c2ccc(N(C)C)cc2)cc1. The second-order valence-corrected chi connectivity index (χ2v) is 8.27. The molecule has 0 aliphatic carbocycles. The van der Waals surface area contributed by atoms with E-state index < -0.39 is 17.7 Å². The summed E-state index contributed by atoms with van der Waals surface area (Å²) in [4.78, 5) is 29.5. The first-order chi connectivity index (χ1) is 14.7. The molecule has 1 atom stereocenters. The maximum Gasteiger partial charge on any atom is 0.290 e. The van der Waals surface area contributed by atoms with Crippen LogP contribution in [0.15, 0.2) is 59.9 Å². The van der Waals surface area contributed by atoms with E-state index in [0.29, 0.717) is 13.0 Å². The fourth-order valence-electron chi connectivity index (χ4n) is 3.79. The molecule has 0 fully saturated rings. The van der Waals surface area contributed by atoms with Gasteiger partial charge in [0.25, 0.3) is 5.91 Å². The minimum Gasteiger partial charge on any atom is -0.503 e. The Balaban J connectivity index is 1.93. The average Bonchev–Trinajstić information content (AvgIpc) is 3.02. The van der Waals surface area contributed by atoms with Crippen molar-refractivity contribution in [1.29, 1.82) is 0 Å². The Morgan fingerprint density at radius 2 is 1.71 bits per heavy atom. The number of hydrogen-bond donors (Lipinski definition) is 1. The van der Waals surface area contributed by atoms with E-state index in [9.17, 15) is 14.7 Å². The fraction of sp³-hybridized carbons (Fsp3) is 0.360. The van der Waals surface area contributed by atoms with Crippen LogP contribution in [0.1, 0.15) is 31.0 Å². The topological polar surface area (TPSA) is 70.1 Å². The van der Waals surface area contributed by atoms with E-state index in [1.807, 2.05) is 67.5 Å². The molecule has 3 rings (SSSR count). The molecule has 31 heavy (non-hydrogen) atoms. The Morgan fingerprint density at radius 1 is 1.10 bits per heavy atom. The Bertz CT molecular complexity index is 976. The van der Waals surface area contributed by atoms with Gasteiger partial charge in [0.15, 0.2) is 11.5 Å². The zero-order chi connectivity index (χ0) is 22.7. The van der Waals surface area contributed by atoms with Crippen LogP contribution in [0.2, 0.25) is 0 Å². The lowest BCUT2D eigenvalue weighted by Gasteiger charge is -2.28. The molecule has 0 bridgehead atoms. The summed E-state index contributed by atoms with van der Waals surface area (Å²) in [5.41, 5.74) is 3.05. The van der Waals surface area contributed by atoms with Gasteiger partial charge in [0.05, 0.1) is 18.7 Å². The maximum absolute atomic E-state index is 13.0. The van der Waals surface area contributed by atoms with Gasteiger partial charge in [-0.2, -0.15) is 0 Å². The molecule has 1 N–H and O–H groups in total. The summed E-state index contributed by atoms with van der Waals surface area (Å²) in [6, 6.07) is 14.8. The second-order valence-electron chi connectivity index (χ2n) is 8.27. The molecule has 0 spiro atoms. The van der Waals surface area contributed by atoms with Gasteiger partial charge in [0, 0.05) is 32.2 Å². The molecular formula is C25H30N2O4. The summed E-state index contributed by atoms with van der Waals surface area (Å²) in [6.45, 7) is 3.93. The fourth-order valence-corrected chi connectivity index (χ4v) is 3.79. The van der Waals surface area contributed by atoms with Gasteiger partial charge in [-0.1, -0.05) is 38.1 Å². The molecule has 1 heterocycles. The monoisotopic (exact) mass is 422 g/mol. The van der Waals surface area contributed by atoms with Gasteiger partial charge >= 0.3 is 0 Å². The third-order valence-corrected chi connectivity index (χ3v) is 5.62. The minimum atomic E-state index is -0.600. The summed E-state index contributed by atoms with van der Waals surface area (Å²) < 4.78 is 5.20. The number of methoxy groups -OCH3 is 1. The first-order valence-corrected chi connectivity index (χ1v) is 10.4. The highest BCUT2D eigenvalue weighted by Crippen LogP contribution is 2.39. The number of benzene rings is 2. The zero-order valence-electron chi connectivity index (χ0n) is 18.8. The van der Waals surface area contributed by atoms with Crippen LogP contribution in [-0.4, -0.2) is 49.4 Å². The largest absolute Gasteiger partial charge is 0.503 e. The Kier molecular flexibility index (Phi) is 6.68. The third kappa shape index (κ3) is 4.58. The van der Waals surface area contributed by atoms with Crippen molar-refractivity contribution in [3.63, 3.8) is 0 Å². The van der Waals surface area contributed by atoms with Gasteiger partial charge in [0.1, 0.15) is 5.75 Å². The summed E-state index contributed by atoms with van der Waals surface area (Å²) in [7, 11) is 5.52. The lowest BCUT2D eigenvalue weighted by molar-refractivity contribution is -0.129. The number of ether oxygens (including phenoxy) is 1. The first kappa shape index (κ1) is 22.4. The number of amides is 1. The van der Waals surface area contributed by atoms with Crippen LogP contribution in [0.4, 0.5) is 5.69 Å². The number of carbonyl (C=O) groups is 2. The number of anilines is 1. The third-order valence-electron chi connectivity index (χ3n) is 5.62. The van der Waals surface area contributed by atoms with E-state index in [4.69, 9.17) is 4.74 Å². The number of nitrogens with zero attached hydrogens (tertiary/aromatic N) is 2. The second kappa shape index (κ2) is 9.25. The van der Waals surface area contributed by atoms with Gasteiger partial charge in [0.2, 0.25) is 0 Å². The summed E-state index contributed by atoms with van der Waals surface area (Å²) in [5, 5.41) is 10.6. The smallest absolute Gasteiger partial charge is 0.290 e. The summed E-state index contributed by atoms with van der Waals surface area (Å²) >= 11 is 0. The maximum atomic E-state index is 13.0. The Hall–Kier alpha value is -3.28. The van der Waals surface area contributed by atoms with Crippen molar-refractivity contribution in [2.75, 3.05) is 32.6 Å². The summed E-state index contributed by atoms with van der Waals surface area (Å²) in [6.07, 6.45) is 0.596. The molecule has 0 saturated heterocycles. The quantitative estimate of drug-likeness (QED) is 0.698. The van der Waals surface area contributed by atoms with E-state index in [1.54, 1.807) is 25.9 Å². The highest BCUT2D eigenvalue weighted by Gasteiger charge is 2.43. The molecule has 1 amide bonds. The molecule has 0 saturated carbocycles. The van der Waals surface area contributed by atoms with Crippen LogP contribution in [0.5, 0.6) is 5.75 Å². The molecule has 1 aliphatic heterocycles. The van der Waals surface area contributed by atoms with Crippen LogP contribution in [-0.2, 0) is 16.0 Å². The van der Waals surface area contributed by atoms with Crippen molar-refractivity contribution in [2.24, 2.45) is 5.92 Å². The van der Waals surface area contributed by atoms with Crippen LogP contribution in [0.3, 0.4) is 0 Å². The van der Waals surface area contributed by atoms with Gasteiger partial charge < -0.3 is 19.6 Å². The van der Waals surface area contributed by atoms with Crippen LogP contribution in [0.25, 0.3) is 0 Å². The van der Waals surface area contributed by atoms with Crippen molar-refractivity contribution in [2.45, 2.75) is 26.3 Å². The molecule has 6 nitrogen and oxygen atoms in total. The predicted octanol–water partition coefficient (Wildman–Crippen LogP) is 3.92. The molecule has 1 unspecified atom stereocenters. The Labute approximate surface area is 183 Å². The highest BCUT2D eigenvalue weighted by atomic mass is 16.5. The van der Waals surface area contributed by atoms with Gasteiger partial charge in [-0.05, 0) is 41.8 Å². The van der Waals surface area contributed by atoms with Crippen molar-refractivity contribution >= 4 is 17.4 Å². The number of hydrogen-bond acceptors (Lipinski definition) is 5. The highest BCUT2D eigenvalue weighted by molar-refractivity contribution is 6.09. The average molecular weight is 423 g/mol. The van der Waals surface area contributed by atoms with E-state index >= 15 is 0 Å². The van der Waals surface area contributed by atoms with E-state index in [2.05, 4.69) is 0 Å². The number of aliphatic hydroxyl groups is 1. The lowest BCUT2D eigenvalue weighted by atomic mass is 9.91. The number of rotatable bonds is 8. The van der Waals surface area contributed by atoms with Crippen LogP contribution < -0.4 is 9.64 Å². The van der Waals surface area contributed by atoms with Crippen molar-refractivity contribution in [3.8, 4) is 5.75 Å². The van der Waals surface area contributed by atoms with E-state index in [-0.39, 0.29) is 17.3 Å². The zero-order valence-corrected chi connectivity index (χ0v) is 18.8. The lowest BCUT2D eigenvalue weighted by Crippen LogP contribution is -2.33. The number of carbonyl (C=O) groups excluding carboxylic acids is 2. The molecule has 1 aliphatic rings. The van der Waals surface area contributed by atoms with Crippen molar-refractivity contribution in [3.05, 3.63) is 71.0 Å². The Morgan fingerprint density at radius 3 is 2.23 bits per heavy atom. The number of Topliss-reactive ketones (excluding diaryl/α,β-unsaturated/α-hetero) is 1. The van der Waals surface area contributed by atoms with Gasteiger partial charge in [-0.15, -0.1) is 0 Å². The molecular weight excluding hydrogens is 392 g/mol. The van der Waals surface area contributed by atoms with Crippen LogP contribution >= 0.6 is 0 Å². The van der Waals surface area contributed by atoms with Gasteiger partial charge in [-0.3, -0.25) is 9.59 Å². The van der Waals surface area contributed by atoms with Crippen molar-refractivity contribution < 1.29 is 19.4 Å². The van der Waals surface area contributed by atoms with Crippen LogP contribution in [0, 0.1) is 5.92 Å².